The molecule has 0 bridgehead atoms. The zero-order valence-electron chi connectivity index (χ0n) is 12.3. The molecule has 5 heteroatoms. The van der Waals surface area contributed by atoms with Gasteiger partial charge in [-0.1, -0.05) is 26.3 Å². The van der Waals surface area contributed by atoms with Crippen molar-refractivity contribution in [2.24, 2.45) is 5.92 Å². The summed E-state index contributed by atoms with van der Waals surface area (Å²) >= 11 is 0. The molecule has 0 saturated heterocycles. The summed E-state index contributed by atoms with van der Waals surface area (Å²) in [4.78, 5) is 0.217. The summed E-state index contributed by atoms with van der Waals surface area (Å²) in [7, 11) is -3.33. The Kier molecular flexibility index (Phi) is 6.18. The molecule has 4 nitrogen and oxygen atoms in total. The van der Waals surface area contributed by atoms with Gasteiger partial charge in [-0.05, 0) is 31.0 Å². The Balaban J connectivity index is 2.64. The van der Waals surface area contributed by atoms with Crippen molar-refractivity contribution in [1.82, 2.24) is 5.32 Å². The minimum absolute atomic E-state index is 0.0443. The van der Waals surface area contributed by atoms with Gasteiger partial charge in [0.1, 0.15) is 0 Å². The van der Waals surface area contributed by atoms with Crippen molar-refractivity contribution >= 4 is 9.84 Å². The van der Waals surface area contributed by atoms with Gasteiger partial charge in [0.2, 0.25) is 0 Å². The molecule has 0 aromatic heterocycles. The SMILES string of the molecule is CCC(C)C(C)NCCS(=O)(=O)c1cccc(C#N)c1. The van der Waals surface area contributed by atoms with Crippen LogP contribution in [0.3, 0.4) is 0 Å². The van der Waals surface area contributed by atoms with Gasteiger partial charge in [-0.2, -0.15) is 5.26 Å². The summed E-state index contributed by atoms with van der Waals surface area (Å²) in [5.41, 5.74) is 0.368. The number of sulfone groups is 1. The number of rotatable bonds is 7. The van der Waals surface area contributed by atoms with Gasteiger partial charge < -0.3 is 5.32 Å². The van der Waals surface area contributed by atoms with E-state index >= 15 is 0 Å². The number of benzene rings is 1. The van der Waals surface area contributed by atoms with Gasteiger partial charge in [0.15, 0.2) is 9.84 Å². The molecule has 0 aliphatic carbocycles. The second kappa shape index (κ2) is 7.41. The number of nitrogens with one attached hydrogen (secondary N) is 1. The van der Waals surface area contributed by atoms with Crippen LogP contribution in [0.25, 0.3) is 0 Å². The van der Waals surface area contributed by atoms with Gasteiger partial charge in [-0.3, -0.25) is 0 Å². The summed E-state index contributed by atoms with van der Waals surface area (Å²) in [5.74, 6) is 0.558. The van der Waals surface area contributed by atoms with E-state index in [1.807, 2.05) is 6.07 Å². The van der Waals surface area contributed by atoms with Crippen molar-refractivity contribution in [2.75, 3.05) is 12.3 Å². The minimum Gasteiger partial charge on any atom is -0.313 e. The van der Waals surface area contributed by atoms with Crippen LogP contribution in [-0.2, 0) is 9.84 Å². The second-order valence-corrected chi connectivity index (χ2v) is 7.20. The lowest BCUT2D eigenvalue weighted by Crippen LogP contribution is -2.35. The van der Waals surface area contributed by atoms with Crippen molar-refractivity contribution in [3.05, 3.63) is 29.8 Å². The van der Waals surface area contributed by atoms with Gasteiger partial charge in [0.25, 0.3) is 0 Å². The van der Waals surface area contributed by atoms with E-state index in [4.69, 9.17) is 5.26 Å². The first kappa shape index (κ1) is 16.7. The number of nitrogens with zero attached hydrogens (tertiary/aromatic N) is 1. The first-order chi connectivity index (χ1) is 9.40. The molecule has 0 spiro atoms. The van der Waals surface area contributed by atoms with Crippen molar-refractivity contribution in [3.63, 3.8) is 0 Å². The van der Waals surface area contributed by atoms with E-state index in [9.17, 15) is 8.42 Å². The topological polar surface area (TPSA) is 70.0 Å². The molecule has 1 N–H and O–H groups in total. The van der Waals surface area contributed by atoms with Crippen LogP contribution in [0.2, 0.25) is 0 Å². The zero-order valence-corrected chi connectivity index (χ0v) is 13.1. The molecular weight excluding hydrogens is 272 g/mol. The highest BCUT2D eigenvalue weighted by atomic mass is 32.2. The molecule has 2 atom stereocenters. The molecule has 0 radical (unpaired) electrons. The summed E-state index contributed by atoms with van der Waals surface area (Å²) in [6.45, 7) is 6.75. The monoisotopic (exact) mass is 294 g/mol. The predicted octanol–water partition coefficient (Wildman–Crippen LogP) is 2.36. The quantitative estimate of drug-likeness (QED) is 0.838. The van der Waals surface area contributed by atoms with E-state index in [-0.39, 0.29) is 10.6 Å². The Morgan fingerprint density at radius 1 is 1.35 bits per heavy atom. The van der Waals surface area contributed by atoms with Crippen molar-refractivity contribution < 1.29 is 8.42 Å². The third kappa shape index (κ3) is 4.62. The van der Waals surface area contributed by atoms with Gasteiger partial charge in [0, 0.05) is 12.6 Å². The Morgan fingerprint density at radius 3 is 2.65 bits per heavy atom. The van der Waals surface area contributed by atoms with Gasteiger partial charge in [-0.15, -0.1) is 0 Å². The van der Waals surface area contributed by atoms with Gasteiger partial charge in [-0.25, -0.2) is 8.42 Å². The molecule has 20 heavy (non-hydrogen) atoms. The summed E-state index contributed by atoms with van der Waals surface area (Å²) < 4.78 is 24.3. The number of hydrogen-bond donors (Lipinski definition) is 1. The number of nitriles is 1. The first-order valence-electron chi connectivity index (χ1n) is 6.87. The lowest BCUT2D eigenvalue weighted by atomic mass is 10.0. The van der Waals surface area contributed by atoms with Crippen LogP contribution in [0.4, 0.5) is 0 Å². The summed E-state index contributed by atoms with van der Waals surface area (Å²) in [6, 6.07) is 8.41. The van der Waals surface area contributed by atoms with Crippen molar-refractivity contribution in [3.8, 4) is 6.07 Å². The molecule has 1 rings (SSSR count). The maximum Gasteiger partial charge on any atom is 0.179 e. The van der Waals surface area contributed by atoms with E-state index in [2.05, 4.69) is 26.1 Å². The van der Waals surface area contributed by atoms with E-state index in [0.29, 0.717) is 24.1 Å². The van der Waals surface area contributed by atoms with Gasteiger partial charge in [0.05, 0.1) is 22.3 Å². The van der Waals surface area contributed by atoms with E-state index < -0.39 is 9.84 Å². The van der Waals surface area contributed by atoms with Crippen LogP contribution in [0.15, 0.2) is 29.2 Å². The van der Waals surface area contributed by atoms with Crippen LogP contribution in [-0.4, -0.2) is 26.8 Å². The van der Waals surface area contributed by atoms with Crippen LogP contribution in [0.5, 0.6) is 0 Å². The fourth-order valence-electron chi connectivity index (χ4n) is 1.85. The third-order valence-electron chi connectivity index (χ3n) is 3.66. The Bertz CT molecular complexity index is 576. The number of hydrogen-bond acceptors (Lipinski definition) is 4. The molecular formula is C15H22N2O2S. The predicted molar refractivity (Wildman–Crippen MR) is 80.1 cm³/mol. The fourth-order valence-corrected chi connectivity index (χ4v) is 3.07. The molecule has 0 aliphatic rings. The maximum absolute atomic E-state index is 12.2. The Morgan fingerprint density at radius 2 is 2.05 bits per heavy atom. The molecule has 0 fully saturated rings. The van der Waals surface area contributed by atoms with Crippen LogP contribution >= 0.6 is 0 Å². The van der Waals surface area contributed by atoms with Crippen LogP contribution in [0, 0.1) is 17.2 Å². The molecule has 0 amide bonds. The highest BCUT2D eigenvalue weighted by Gasteiger charge is 2.16. The normalized spacial score (nSPS) is 14.5. The van der Waals surface area contributed by atoms with Crippen molar-refractivity contribution in [2.45, 2.75) is 38.1 Å². The molecule has 0 saturated carbocycles. The maximum atomic E-state index is 12.2. The highest BCUT2D eigenvalue weighted by Crippen LogP contribution is 2.13. The van der Waals surface area contributed by atoms with E-state index in [1.54, 1.807) is 12.1 Å². The lowest BCUT2D eigenvalue weighted by Gasteiger charge is -2.19. The standard InChI is InChI=1S/C15H22N2O2S/c1-4-12(2)13(3)17-8-9-20(18,19)15-7-5-6-14(10-15)11-16/h5-7,10,12-13,17H,4,8-9H2,1-3H3. The fraction of sp³-hybridized carbons (Fsp3) is 0.533. The molecule has 110 valence electrons. The summed E-state index contributed by atoms with van der Waals surface area (Å²) in [5, 5.41) is 12.1. The van der Waals surface area contributed by atoms with E-state index in [0.717, 1.165) is 6.42 Å². The smallest absolute Gasteiger partial charge is 0.179 e. The van der Waals surface area contributed by atoms with Crippen molar-refractivity contribution in [1.29, 1.82) is 5.26 Å². The highest BCUT2D eigenvalue weighted by molar-refractivity contribution is 7.91. The van der Waals surface area contributed by atoms with Crippen LogP contribution in [0.1, 0.15) is 32.8 Å². The molecule has 0 aliphatic heterocycles. The molecule has 2 unspecified atom stereocenters. The largest absolute Gasteiger partial charge is 0.313 e. The molecule has 1 aromatic carbocycles. The first-order valence-corrected chi connectivity index (χ1v) is 8.52. The zero-order chi connectivity index (χ0) is 15.2. The summed E-state index contributed by atoms with van der Waals surface area (Å²) in [6.07, 6.45) is 1.06. The molecule has 0 heterocycles. The van der Waals surface area contributed by atoms with E-state index in [1.165, 1.54) is 12.1 Å². The third-order valence-corrected chi connectivity index (χ3v) is 5.37. The lowest BCUT2D eigenvalue weighted by molar-refractivity contribution is 0.398. The Labute approximate surface area is 121 Å². The average Bonchev–Trinajstić information content (AvgIpc) is 2.46. The Hall–Kier alpha value is -1.38. The second-order valence-electron chi connectivity index (χ2n) is 5.09. The minimum atomic E-state index is -3.33. The van der Waals surface area contributed by atoms with Gasteiger partial charge >= 0.3 is 0 Å². The average molecular weight is 294 g/mol. The van der Waals surface area contributed by atoms with Crippen LogP contribution < -0.4 is 5.32 Å². The molecule has 1 aromatic rings.